The molecule has 0 fully saturated rings. The number of ether oxygens (including phenoxy) is 2. The van der Waals surface area contributed by atoms with E-state index in [4.69, 9.17) is 32.7 Å². The molecule has 0 saturated heterocycles. The zero-order valence-electron chi connectivity index (χ0n) is 17.2. The Morgan fingerprint density at radius 2 is 1.85 bits per heavy atom. The van der Waals surface area contributed by atoms with E-state index in [1.807, 2.05) is 6.07 Å². The number of rotatable bonds is 7. The van der Waals surface area contributed by atoms with Gasteiger partial charge in [0.1, 0.15) is 24.1 Å². The lowest BCUT2D eigenvalue weighted by molar-refractivity contribution is -0.112. The maximum atomic E-state index is 13.1. The lowest BCUT2D eigenvalue weighted by atomic mass is 10.1. The smallest absolute Gasteiger partial charge is 0.266 e. The summed E-state index contributed by atoms with van der Waals surface area (Å²) in [6, 6.07) is 16.1. The molecule has 0 aliphatic heterocycles. The van der Waals surface area contributed by atoms with Crippen LogP contribution in [0.25, 0.3) is 6.08 Å². The molecule has 0 aliphatic rings. The Balaban J connectivity index is 1.84. The van der Waals surface area contributed by atoms with Crippen molar-refractivity contribution in [1.82, 2.24) is 0 Å². The van der Waals surface area contributed by atoms with E-state index in [9.17, 15) is 14.4 Å². The fraction of sp³-hybridized carbons (Fsp3) is 0.0833. The van der Waals surface area contributed by atoms with Crippen LogP contribution in [0.1, 0.15) is 11.1 Å². The Labute approximate surface area is 213 Å². The second kappa shape index (κ2) is 11.4. The molecule has 0 aliphatic carbocycles. The van der Waals surface area contributed by atoms with Crippen LogP contribution in [-0.4, -0.2) is 13.0 Å². The molecule has 0 saturated carbocycles. The van der Waals surface area contributed by atoms with Crippen molar-refractivity contribution in [3.63, 3.8) is 0 Å². The molecule has 1 amide bonds. The van der Waals surface area contributed by atoms with Crippen molar-refractivity contribution >= 4 is 63.5 Å². The predicted molar refractivity (Wildman–Crippen MR) is 135 cm³/mol. The fourth-order valence-electron chi connectivity index (χ4n) is 2.81. The van der Waals surface area contributed by atoms with Gasteiger partial charge in [0.2, 0.25) is 0 Å². The Kier molecular flexibility index (Phi) is 8.55. The van der Waals surface area contributed by atoms with Gasteiger partial charge in [-0.1, -0.05) is 41.4 Å². The Hall–Kier alpha value is -2.80. The van der Waals surface area contributed by atoms with E-state index >= 15 is 0 Å². The van der Waals surface area contributed by atoms with Gasteiger partial charge in [0.05, 0.1) is 26.4 Å². The third-order valence-electron chi connectivity index (χ3n) is 4.43. The van der Waals surface area contributed by atoms with Crippen LogP contribution in [0.4, 0.5) is 10.1 Å². The molecule has 1 N–H and O–H groups in total. The van der Waals surface area contributed by atoms with Gasteiger partial charge in [-0.25, -0.2) is 4.39 Å². The number of amides is 1. The fourth-order valence-corrected chi connectivity index (χ4v) is 4.09. The Bertz CT molecular complexity index is 1240. The minimum Gasteiger partial charge on any atom is -0.493 e. The predicted octanol–water partition coefficient (Wildman–Crippen LogP) is 6.87. The molecule has 0 atom stereocenters. The zero-order chi connectivity index (χ0) is 24.0. The first-order valence-corrected chi connectivity index (χ1v) is 11.3. The van der Waals surface area contributed by atoms with Gasteiger partial charge in [0.25, 0.3) is 5.91 Å². The summed E-state index contributed by atoms with van der Waals surface area (Å²) < 4.78 is 25.1. The molecular weight excluding hydrogens is 581 g/mol. The minimum absolute atomic E-state index is 0.149. The maximum absolute atomic E-state index is 13.1. The van der Waals surface area contributed by atoms with Crippen LogP contribution in [0, 0.1) is 20.7 Å². The molecule has 9 heteroatoms. The summed E-state index contributed by atoms with van der Waals surface area (Å²) >= 11 is 14.3. The van der Waals surface area contributed by atoms with Gasteiger partial charge in [0.15, 0.2) is 11.5 Å². The van der Waals surface area contributed by atoms with Crippen molar-refractivity contribution in [2.24, 2.45) is 0 Å². The number of anilines is 1. The molecule has 0 aromatic heterocycles. The lowest BCUT2D eigenvalue weighted by Gasteiger charge is -2.14. The first kappa shape index (κ1) is 24.8. The van der Waals surface area contributed by atoms with Crippen molar-refractivity contribution in [3.05, 3.63) is 90.7 Å². The average Bonchev–Trinajstić information content (AvgIpc) is 2.79. The number of methoxy groups -OCH3 is 1. The normalized spacial score (nSPS) is 11.0. The van der Waals surface area contributed by atoms with Crippen molar-refractivity contribution in [1.29, 1.82) is 5.26 Å². The molecule has 33 heavy (non-hydrogen) atoms. The van der Waals surface area contributed by atoms with Crippen LogP contribution in [0.2, 0.25) is 10.0 Å². The van der Waals surface area contributed by atoms with Gasteiger partial charge >= 0.3 is 0 Å². The largest absolute Gasteiger partial charge is 0.493 e. The molecular formula is C24H16Cl2FIN2O3. The van der Waals surface area contributed by atoms with Crippen LogP contribution < -0.4 is 14.8 Å². The summed E-state index contributed by atoms with van der Waals surface area (Å²) in [5.74, 6) is -0.0678. The number of carbonyl (C=O) groups is 1. The molecule has 5 nitrogen and oxygen atoms in total. The van der Waals surface area contributed by atoms with Gasteiger partial charge in [0, 0.05) is 0 Å². The van der Waals surface area contributed by atoms with E-state index in [1.54, 1.807) is 42.5 Å². The summed E-state index contributed by atoms with van der Waals surface area (Å²) in [6.45, 7) is 0.215. The highest BCUT2D eigenvalue weighted by molar-refractivity contribution is 14.1. The van der Waals surface area contributed by atoms with E-state index in [1.165, 1.54) is 25.3 Å². The van der Waals surface area contributed by atoms with Gasteiger partial charge < -0.3 is 14.8 Å². The summed E-state index contributed by atoms with van der Waals surface area (Å²) in [7, 11) is 1.49. The molecule has 3 rings (SSSR count). The van der Waals surface area contributed by atoms with Crippen LogP contribution in [0.5, 0.6) is 11.5 Å². The molecule has 0 bridgehead atoms. The van der Waals surface area contributed by atoms with Crippen molar-refractivity contribution in [2.45, 2.75) is 6.61 Å². The van der Waals surface area contributed by atoms with Crippen LogP contribution >= 0.6 is 45.8 Å². The number of hydrogen-bond donors (Lipinski definition) is 1. The maximum Gasteiger partial charge on any atom is 0.266 e. The number of para-hydroxylation sites is 1. The number of nitrogens with one attached hydrogen (secondary N) is 1. The third kappa shape index (κ3) is 6.38. The molecule has 0 heterocycles. The molecule has 3 aromatic carbocycles. The average molecular weight is 597 g/mol. The van der Waals surface area contributed by atoms with Gasteiger partial charge in [-0.2, -0.15) is 5.26 Å². The van der Waals surface area contributed by atoms with E-state index < -0.39 is 5.91 Å². The highest BCUT2D eigenvalue weighted by atomic mass is 127. The Morgan fingerprint density at radius 1 is 1.18 bits per heavy atom. The SMILES string of the molecule is COc1cc(/C=C(\C#N)C(=O)Nc2c(Cl)cccc2Cl)cc(I)c1OCc1ccc(F)cc1. The molecule has 0 unspecified atom stereocenters. The van der Waals surface area contributed by atoms with Crippen LogP contribution in [-0.2, 0) is 11.4 Å². The number of benzene rings is 3. The molecule has 3 aromatic rings. The zero-order valence-corrected chi connectivity index (χ0v) is 20.8. The van der Waals surface area contributed by atoms with Crippen LogP contribution in [0.15, 0.2) is 60.2 Å². The number of hydrogen-bond acceptors (Lipinski definition) is 4. The molecule has 0 spiro atoms. The lowest BCUT2D eigenvalue weighted by Crippen LogP contribution is -2.14. The topological polar surface area (TPSA) is 71.3 Å². The summed E-state index contributed by atoms with van der Waals surface area (Å²) in [5.41, 5.74) is 1.43. The van der Waals surface area contributed by atoms with Gasteiger partial charge in [-0.05, 0) is 76.2 Å². The number of carbonyl (C=O) groups excluding carboxylic acids is 1. The summed E-state index contributed by atoms with van der Waals surface area (Å²) in [6.07, 6.45) is 1.43. The number of nitriles is 1. The van der Waals surface area contributed by atoms with Crippen LogP contribution in [0.3, 0.4) is 0 Å². The first-order valence-electron chi connectivity index (χ1n) is 9.44. The number of nitrogens with zero attached hydrogens (tertiary/aromatic N) is 1. The molecule has 0 radical (unpaired) electrons. The standard InChI is InChI=1S/C24H16Cl2FIN2O3/c1-32-21-11-15(10-20(28)23(21)33-13-14-5-7-17(27)8-6-14)9-16(12-29)24(31)30-22-18(25)3-2-4-19(22)26/h2-11H,13H2,1H3,(H,30,31)/b16-9+. The van der Waals surface area contributed by atoms with E-state index in [-0.39, 0.29) is 33.7 Å². The second-order valence-corrected chi connectivity index (χ2v) is 8.65. The highest BCUT2D eigenvalue weighted by Gasteiger charge is 2.16. The van der Waals surface area contributed by atoms with E-state index in [0.29, 0.717) is 20.6 Å². The quantitative estimate of drug-likeness (QED) is 0.184. The van der Waals surface area contributed by atoms with E-state index in [2.05, 4.69) is 27.9 Å². The second-order valence-electron chi connectivity index (χ2n) is 6.67. The van der Waals surface area contributed by atoms with Crippen molar-refractivity contribution < 1.29 is 18.7 Å². The summed E-state index contributed by atoms with van der Waals surface area (Å²) in [4.78, 5) is 12.6. The monoisotopic (exact) mass is 596 g/mol. The number of halogens is 4. The first-order chi connectivity index (χ1) is 15.8. The minimum atomic E-state index is -0.655. The van der Waals surface area contributed by atoms with Gasteiger partial charge in [-0.15, -0.1) is 0 Å². The summed E-state index contributed by atoms with van der Waals surface area (Å²) in [5, 5.41) is 12.6. The van der Waals surface area contributed by atoms with Crippen molar-refractivity contribution in [2.75, 3.05) is 12.4 Å². The Morgan fingerprint density at radius 3 is 2.45 bits per heavy atom. The highest BCUT2D eigenvalue weighted by Crippen LogP contribution is 2.35. The van der Waals surface area contributed by atoms with Crippen molar-refractivity contribution in [3.8, 4) is 17.6 Å². The third-order valence-corrected chi connectivity index (χ3v) is 5.86. The van der Waals surface area contributed by atoms with E-state index in [0.717, 1.165) is 5.56 Å². The van der Waals surface area contributed by atoms with Gasteiger partial charge in [-0.3, -0.25) is 4.79 Å². The molecule has 168 valence electrons.